The number of carbonyl (C=O) groups excluding carboxylic acids is 1. The topological polar surface area (TPSA) is 83.5 Å². The first kappa shape index (κ1) is 16.8. The van der Waals surface area contributed by atoms with Crippen molar-refractivity contribution in [2.75, 3.05) is 31.3 Å². The van der Waals surface area contributed by atoms with E-state index in [1.165, 1.54) is 10.6 Å². The van der Waals surface area contributed by atoms with E-state index >= 15 is 0 Å². The van der Waals surface area contributed by atoms with Crippen LogP contribution in [0.15, 0.2) is 30.6 Å². The summed E-state index contributed by atoms with van der Waals surface area (Å²) in [7, 11) is -1.44. The molecule has 0 spiro atoms. The highest BCUT2D eigenvalue weighted by molar-refractivity contribution is 7.88. The van der Waals surface area contributed by atoms with Gasteiger partial charge in [0.15, 0.2) is 0 Å². The minimum absolute atomic E-state index is 0.00592. The average molecular weight is 348 g/mol. The average Bonchev–Trinajstić information content (AvgIpc) is 2.59. The predicted octanol–water partition coefficient (Wildman–Crippen LogP) is 1.26. The lowest BCUT2D eigenvalue weighted by molar-refractivity contribution is -0.123. The lowest BCUT2D eigenvalue weighted by atomic mass is 9.96. The van der Waals surface area contributed by atoms with E-state index in [-0.39, 0.29) is 11.8 Å². The van der Waals surface area contributed by atoms with Gasteiger partial charge in [0.05, 0.1) is 17.3 Å². The first-order chi connectivity index (χ1) is 11.4. The minimum atomic E-state index is -3.18. The number of aromatic nitrogens is 2. The second-order valence-electron chi connectivity index (χ2n) is 6.06. The summed E-state index contributed by atoms with van der Waals surface area (Å²) in [6, 6.07) is 5.53. The molecule has 0 N–H and O–H groups in total. The number of nitrogens with zero attached hydrogens (tertiary/aromatic N) is 4. The van der Waals surface area contributed by atoms with Crippen LogP contribution in [0.4, 0.5) is 5.69 Å². The lowest BCUT2D eigenvalue weighted by Gasteiger charge is -2.31. The first-order valence-corrected chi connectivity index (χ1v) is 9.64. The smallest absolute Gasteiger partial charge is 0.229 e. The summed E-state index contributed by atoms with van der Waals surface area (Å²) < 4.78 is 24.6. The van der Waals surface area contributed by atoms with Crippen molar-refractivity contribution >= 4 is 32.7 Å². The maximum atomic E-state index is 12.7. The zero-order chi connectivity index (χ0) is 17.3. The van der Waals surface area contributed by atoms with Crippen molar-refractivity contribution in [2.45, 2.75) is 12.8 Å². The molecular formula is C16H20N4O3S. The van der Waals surface area contributed by atoms with Crippen molar-refractivity contribution in [3.05, 3.63) is 30.6 Å². The molecule has 1 amide bonds. The van der Waals surface area contributed by atoms with Gasteiger partial charge in [0.25, 0.3) is 0 Å². The van der Waals surface area contributed by atoms with Crippen LogP contribution >= 0.6 is 0 Å². The van der Waals surface area contributed by atoms with Crippen LogP contribution in [0.1, 0.15) is 12.8 Å². The van der Waals surface area contributed by atoms with Crippen LogP contribution in [0, 0.1) is 5.92 Å². The van der Waals surface area contributed by atoms with Gasteiger partial charge in [-0.15, -0.1) is 0 Å². The minimum Gasteiger partial charge on any atom is -0.315 e. The summed E-state index contributed by atoms with van der Waals surface area (Å²) in [6.07, 6.45) is 5.55. The number of carbonyl (C=O) groups is 1. The van der Waals surface area contributed by atoms with Gasteiger partial charge in [-0.1, -0.05) is 0 Å². The van der Waals surface area contributed by atoms with Crippen LogP contribution in [0.25, 0.3) is 11.0 Å². The highest BCUT2D eigenvalue weighted by atomic mass is 32.2. The lowest BCUT2D eigenvalue weighted by Crippen LogP contribution is -2.43. The molecular weight excluding hydrogens is 328 g/mol. The zero-order valence-electron chi connectivity index (χ0n) is 13.7. The summed E-state index contributed by atoms with van der Waals surface area (Å²) in [5.41, 5.74) is 2.28. The summed E-state index contributed by atoms with van der Waals surface area (Å²) in [5.74, 6) is -0.156. The molecule has 24 heavy (non-hydrogen) atoms. The molecule has 0 unspecified atom stereocenters. The number of piperidine rings is 1. The van der Waals surface area contributed by atoms with Gasteiger partial charge in [-0.2, -0.15) is 0 Å². The van der Waals surface area contributed by atoms with Gasteiger partial charge < -0.3 is 4.90 Å². The Labute approximate surface area is 141 Å². The largest absolute Gasteiger partial charge is 0.315 e. The highest BCUT2D eigenvalue weighted by Gasteiger charge is 2.30. The maximum Gasteiger partial charge on any atom is 0.229 e. The fourth-order valence-corrected chi connectivity index (χ4v) is 3.87. The molecule has 1 aliphatic rings. The van der Waals surface area contributed by atoms with E-state index in [0.29, 0.717) is 25.9 Å². The van der Waals surface area contributed by atoms with Crippen molar-refractivity contribution in [1.82, 2.24) is 14.3 Å². The SMILES string of the molecule is CN(C(=O)C1CCN(S(C)(=O)=O)CC1)c1ccc2nccnc2c1. The van der Waals surface area contributed by atoms with E-state index in [1.807, 2.05) is 18.2 Å². The van der Waals surface area contributed by atoms with E-state index in [9.17, 15) is 13.2 Å². The summed E-state index contributed by atoms with van der Waals surface area (Å²) in [5, 5.41) is 0. The third-order valence-corrected chi connectivity index (χ3v) is 5.75. The van der Waals surface area contributed by atoms with Gasteiger partial charge in [-0.25, -0.2) is 12.7 Å². The molecule has 8 heteroatoms. The first-order valence-electron chi connectivity index (χ1n) is 7.80. The molecule has 1 aromatic carbocycles. The van der Waals surface area contributed by atoms with Gasteiger partial charge in [0, 0.05) is 44.1 Å². The molecule has 0 bridgehead atoms. The van der Waals surface area contributed by atoms with Crippen molar-refractivity contribution in [1.29, 1.82) is 0 Å². The van der Waals surface area contributed by atoms with Crippen molar-refractivity contribution < 1.29 is 13.2 Å². The summed E-state index contributed by atoms with van der Waals surface area (Å²) >= 11 is 0. The fourth-order valence-electron chi connectivity index (χ4n) is 3.00. The Kier molecular flexibility index (Phi) is 4.51. The van der Waals surface area contributed by atoms with Gasteiger partial charge >= 0.3 is 0 Å². The van der Waals surface area contributed by atoms with Gasteiger partial charge in [0.2, 0.25) is 15.9 Å². The van der Waals surface area contributed by atoms with Crippen molar-refractivity contribution in [3.63, 3.8) is 0 Å². The number of hydrogen-bond donors (Lipinski definition) is 0. The molecule has 1 aliphatic heterocycles. The van der Waals surface area contributed by atoms with Crippen molar-refractivity contribution in [2.24, 2.45) is 5.92 Å². The zero-order valence-corrected chi connectivity index (χ0v) is 14.5. The Morgan fingerprint density at radius 1 is 1.17 bits per heavy atom. The molecule has 0 radical (unpaired) electrons. The molecule has 1 fully saturated rings. The van der Waals surface area contributed by atoms with Crippen LogP contribution < -0.4 is 4.90 Å². The van der Waals surface area contributed by atoms with E-state index in [0.717, 1.165) is 16.7 Å². The van der Waals surface area contributed by atoms with E-state index < -0.39 is 10.0 Å². The van der Waals surface area contributed by atoms with Gasteiger partial charge in [-0.05, 0) is 31.0 Å². The molecule has 1 saturated heterocycles. The molecule has 1 aromatic heterocycles. The molecule has 7 nitrogen and oxygen atoms in total. The standard InChI is InChI=1S/C16H20N4O3S/c1-19(13-3-4-14-15(11-13)18-8-7-17-14)16(21)12-5-9-20(10-6-12)24(2,22)23/h3-4,7-8,11-12H,5-6,9-10H2,1-2H3. The fraction of sp³-hybridized carbons (Fsp3) is 0.438. The number of benzene rings is 1. The van der Waals surface area contributed by atoms with E-state index in [2.05, 4.69) is 9.97 Å². The van der Waals surface area contributed by atoms with Gasteiger partial charge in [0.1, 0.15) is 0 Å². The Bertz CT molecular complexity index is 861. The Morgan fingerprint density at radius 2 is 1.79 bits per heavy atom. The second kappa shape index (κ2) is 6.45. The van der Waals surface area contributed by atoms with E-state index in [1.54, 1.807) is 24.3 Å². The van der Waals surface area contributed by atoms with Crippen LogP contribution in [0.3, 0.4) is 0 Å². The monoisotopic (exact) mass is 348 g/mol. The van der Waals surface area contributed by atoms with Crippen LogP contribution in [0.5, 0.6) is 0 Å². The van der Waals surface area contributed by atoms with Crippen LogP contribution in [-0.2, 0) is 14.8 Å². The number of amides is 1. The quantitative estimate of drug-likeness (QED) is 0.834. The number of hydrogen-bond acceptors (Lipinski definition) is 5. The van der Waals surface area contributed by atoms with Gasteiger partial charge in [-0.3, -0.25) is 14.8 Å². The van der Waals surface area contributed by atoms with Crippen LogP contribution in [-0.4, -0.2) is 55.0 Å². The second-order valence-corrected chi connectivity index (χ2v) is 8.05. The predicted molar refractivity (Wildman–Crippen MR) is 92.1 cm³/mol. The molecule has 2 aromatic rings. The third-order valence-electron chi connectivity index (χ3n) is 4.44. The Morgan fingerprint density at radius 3 is 2.42 bits per heavy atom. The molecule has 0 aliphatic carbocycles. The normalized spacial score (nSPS) is 17.1. The van der Waals surface area contributed by atoms with Crippen LogP contribution in [0.2, 0.25) is 0 Å². The number of rotatable bonds is 3. The summed E-state index contributed by atoms with van der Waals surface area (Å²) in [4.78, 5) is 22.8. The number of fused-ring (bicyclic) bond motifs is 1. The van der Waals surface area contributed by atoms with E-state index in [4.69, 9.17) is 0 Å². The number of anilines is 1. The molecule has 3 rings (SSSR count). The molecule has 2 heterocycles. The summed E-state index contributed by atoms with van der Waals surface area (Å²) in [6.45, 7) is 0.790. The molecule has 128 valence electrons. The molecule has 0 atom stereocenters. The molecule has 0 saturated carbocycles. The third kappa shape index (κ3) is 3.39. The number of sulfonamides is 1. The maximum absolute atomic E-state index is 12.7. The Hall–Kier alpha value is -2.06. The van der Waals surface area contributed by atoms with Crippen molar-refractivity contribution in [3.8, 4) is 0 Å². The Balaban J connectivity index is 1.72. The highest BCUT2D eigenvalue weighted by Crippen LogP contribution is 2.25.